The first-order valence-corrected chi connectivity index (χ1v) is 6.30. The molecule has 22 heavy (non-hydrogen) atoms. The van der Waals surface area contributed by atoms with Crippen molar-refractivity contribution in [3.05, 3.63) is 64.2 Å². The standard InChI is InChI=1S/C15H12N2O5/c1-10(18)16-12-3-2-4-14(9-12)22-15(19)11-5-7-13(8-6-11)17(20)21/h2-9H,1H3,(H,16,18). The largest absolute Gasteiger partial charge is 0.423 e. The van der Waals surface area contributed by atoms with Crippen molar-refractivity contribution in [1.82, 2.24) is 0 Å². The summed E-state index contributed by atoms with van der Waals surface area (Å²) in [7, 11) is 0. The third kappa shape index (κ3) is 3.89. The van der Waals surface area contributed by atoms with E-state index in [2.05, 4.69) is 5.32 Å². The van der Waals surface area contributed by atoms with Gasteiger partial charge in [0.2, 0.25) is 5.91 Å². The van der Waals surface area contributed by atoms with E-state index < -0.39 is 10.9 Å². The van der Waals surface area contributed by atoms with Gasteiger partial charge in [0.25, 0.3) is 5.69 Å². The van der Waals surface area contributed by atoms with Gasteiger partial charge >= 0.3 is 5.97 Å². The number of nitrogens with one attached hydrogen (secondary N) is 1. The van der Waals surface area contributed by atoms with Gasteiger partial charge in [0.05, 0.1) is 10.5 Å². The predicted octanol–water partition coefficient (Wildman–Crippen LogP) is 2.77. The Kier molecular flexibility index (Phi) is 4.47. The van der Waals surface area contributed by atoms with E-state index in [-0.39, 0.29) is 22.9 Å². The van der Waals surface area contributed by atoms with Gasteiger partial charge in [0.1, 0.15) is 5.75 Å². The number of hydrogen-bond acceptors (Lipinski definition) is 5. The van der Waals surface area contributed by atoms with Gasteiger partial charge in [-0.1, -0.05) is 6.07 Å². The lowest BCUT2D eigenvalue weighted by atomic mass is 10.2. The van der Waals surface area contributed by atoms with E-state index in [1.54, 1.807) is 18.2 Å². The average Bonchev–Trinajstić information content (AvgIpc) is 2.47. The average molecular weight is 300 g/mol. The monoisotopic (exact) mass is 300 g/mol. The van der Waals surface area contributed by atoms with E-state index in [0.717, 1.165) is 0 Å². The fourth-order valence-electron chi connectivity index (χ4n) is 1.73. The number of anilines is 1. The van der Waals surface area contributed by atoms with Gasteiger partial charge in [-0.05, 0) is 24.3 Å². The number of ether oxygens (including phenoxy) is 1. The number of benzene rings is 2. The van der Waals surface area contributed by atoms with Crippen LogP contribution in [0.25, 0.3) is 0 Å². The summed E-state index contributed by atoms with van der Waals surface area (Å²) in [6.45, 7) is 1.37. The van der Waals surface area contributed by atoms with Crippen molar-refractivity contribution < 1.29 is 19.2 Å². The predicted molar refractivity (Wildman–Crippen MR) is 78.8 cm³/mol. The molecule has 0 spiro atoms. The van der Waals surface area contributed by atoms with Crippen LogP contribution in [0.4, 0.5) is 11.4 Å². The van der Waals surface area contributed by atoms with Crippen molar-refractivity contribution in [3.63, 3.8) is 0 Å². The van der Waals surface area contributed by atoms with Crippen LogP contribution in [0.3, 0.4) is 0 Å². The van der Waals surface area contributed by atoms with Gasteiger partial charge in [-0.15, -0.1) is 0 Å². The first kappa shape index (κ1) is 15.2. The van der Waals surface area contributed by atoms with Crippen LogP contribution in [0.5, 0.6) is 5.75 Å². The Morgan fingerprint density at radius 3 is 2.41 bits per heavy atom. The van der Waals surface area contributed by atoms with E-state index in [9.17, 15) is 19.7 Å². The molecule has 1 N–H and O–H groups in total. The van der Waals surface area contributed by atoms with Gasteiger partial charge in [-0.25, -0.2) is 4.79 Å². The zero-order valence-corrected chi connectivity index (χ0v) is 11.6. The molecule has 0 aliphatic carbocycles. The number of esters is 1. The van der Waals surface area contributed by atoms with Gasteiger partial charge in [0, 0.05) is 30.8 Å². The maximum atomic E-state index is 11.9. The second-order valence-corrected chi connectivity index (χ2v) is 4.40. The van der Waals surface area contributed by atoms with Crippen LogP contribution in [0.15, 0.2) is 48.5 Å². The van der Waals surface area contributed by atoms with Crippen LogP contribution < -0.4 is 10.1 Å². The Hall–Kier alpha value is -3.22. The molecule has 7 nitrogen and oxygen atoms in total. The molecule has 7 heteroatoms. The van der Waals surface area contributed by atoms with E-state index in [1.165, 1.54) is 37.3 Å². The smallest absolute Gasteiger partial charge is 0.343 e. The van der Waals surface area contributed by atoms with Crippen molar-refractivity contribution >= 4 is 23.3 Å². The zero-order chi connectivity index (χ0) is 16.1. The van der Waals surface area contributed by atoms with Crippen LogP contribution in [0.1, 0.15) is 17.3 Å². The number of nitrogens with zero attached hydrogens (tertiary/aromatic N) is 1. The molecule has 0 radical (unpaired) electrons. The Balaban J connectivity index is 2.11. The number of amides is 1. The molecule has 2 aromatic carbocycles. The molecule has 0 saturated heterocycles. The van der Waals surface area contributed by atoms with Crippen molar-refractivity contribution in [2.75, 3.05) is 5.32 Å². The Morgan fingerprint density at radius 1 is 1.14 bits per heavy atom. The molecule has 2 rings (SSSR count). The van der Waals surface area contributed by atoms with E-state index in [4.69, 9.17) is 4.74 Å². The number of carbonyl (C=O) groups excluding carboxylic acids is 2. The Morgan fingerprint density at radius 2 is 1.82 bits per heavy atom. The van der Waals surface area contributed by atoms with Gasteiger partial charge in [-0.2, -0.15) is 0 Å². The maximum absolute atomic E-state index is 11.9. The van der Waals surface area contributed by atoms with Crippen LogP contribution in [0, 0.1) is 10.1 Å². The minimum Gasteiger partial charge on any atom is -0.423 e. The molecule has 2 aromatic rings. The van der Waals surface area contributed by atoms with Crippen LogP contribution in [-0.4, -0.2) is 16.8 Å². The number of nitro benzene ring substituents is 1. The molecule has 0 heterocycles. The normalized spacial score (nSPS) is 9.86. The van der Waals surface area contributed by atoms with Crippen molar-refractivity contribution in [2.45, 2.75) is 6.92 Å². The maximum Gasteiger partial charge on any atom is 0.343 e. The molecule has 112 valence electrons. The SMILES string of the molecule is CC(=O)Nc1cccc(OC(=O)c2ccc([N+](=O)[O-])cc2)c1. The lowest BCUT2D eigenvalue weighted by Gasteiger charge is -2.07. The second-order valence-electron chi connectivity index (χ2n) is 4.40. The summed E-state index contributed by atoms with van der Waals surface area (Å²) in [5.41, 5.74) is 0.584. The van der Waals surface area contributed by atoms with Gasteiger partial charge in [-0.3, -0.25) is 14.9 Å². The van der Waals surface area contributed by atoms with Crippen LogP contribution >= 0.6 is 0 Å². The second kappa shape index (κ2) is 6.49. The topological polar surface area (TPSA) is 98.5 Å². The van der Waals surface area contributed by atoms with Crippen molar-refractivity contribution in [2.24, 2.45) is 0 Å². The fourth-order valence-corrected chi connectivity index (χ4v) is 1.73. The zero-order valence-electron chi connectivity index (χ0n) is 11.6. The van der Waals surface area contributed by atoms with Crippen LogP contribution in [-0.2, 0) is 4.79 Å². The lowest BCUT2D eigenvalue weighted by molar-refractivity contribution is -0.384. The Labute approximate surface area is 125 Å². The highest BCUT2D eigenvalue weighted by Crippen LogP contribution is 2.19. The summed E-state index contributed by atoms with van der Waals surface area (Å²) in [5, 5.41) is 13.1. The minimum absolute atomic E-state index is 0.107. The number of nitro groups is 1. The minimum atomic E-state index is -0.644. The molecule has 0 aliphatic rings. The third-order valence-electron chi connectivity index (χ3n) is 2.68. The van der Waals surface area contributed by atoms with Gasteiger partial charge < -0.3 is 10.1 Å². The summed E-state index contributed by atoms with van der Waals surface area (Å²) >= 11 is 0. The molecule has 0 unspecified atom stereocenters. The molecule has 0 aliphatic heterocycles. The van der Waals surface area contributed by atoms with Crippen LogP contribution in [0.2, 0.25) is 0 Å². The highest BCUT2D eigenvalue weighted by Gasteiger charge is 2.11. The third-order valence-corrected chi connectivity index (χ3v) is 2.68. The summed E-state index contributed by atoms with van der Waals surface area (Å²) in [4.78, 5) is 32.9. The van der Waals surface area contributed by atoms with Gasteiger partial charge in [0.15, 0.2) is 0 Å². The van der Waals surface area contributed by atoms with E-state index >= 15 is 0 Å². The first-order chi connectivity index (χ1) is 10.5. The highest BCUT2D eigenvalue weighted by atomic mass is 16.6. The number of carbonyl (C=O) groups is 2. The summed E-state index contributed by atoms with van der Waals surface area (Å²) in [6, 6.07) is 11.4. The molecule has 0 bridgehead atoms. The molecular formula is C15H12N2O5. The first-order valence-electron chi connectivity index (χ1n) is 6.30. The number of rotatable bonds is 4. The molecule has 0 saturated carbocycles. The highest BCUT2D eigenvalue weighted by molar-refractivity contribution is 5.92. The molecule has 0 fully saturated rings. The van der Waals surface area contributed by atoms with E-state index in [1.807, 2.05) is 0 Å². The molecule has 1 amide bonds. The fraction of sp³-hybridized carbons (Fsp3) is 0.0667. The quantitative estimate of drug-likeness (QED) is 0.405. The van der Waals surface area contributed by atoms with Crippen molar-refractivity contribution in [3.8, 4) is 5.75 Å². The molecule has 0 aromatic heterocycles. The van der Waals surface area contributed by atoms with Crippen molar-refractivity contribution in [1.29, 1.82) is 0 Å². The number of hydrogen-bond donors (Lipinski definition) is 1. The molecular weight excluding hydrogens is 288 g/mol. The Bertz CT molecular complexity index is 725. The summed E-state index contributed by atoms with van der Waals surface area (Å²) < 4.78 is 5.16. The lowest BCUT2D eigenvalue weighted by Crippen LogP contribution is -2.09. The summed E-state index contributed by atoms with van der Waals surface area (Å²) in [6.07, 6.45) is 0. The molecule has 0 atom stereocenters. The number of non-ortho nitro benzene ring substituents is 1. The summed E-state index contributed by atoms with van der Waals surface area (Å²) in [5.74, 6) is -0.622. The van der Waals surface area contributed by atoms with E-state index in [0.29, 0.717) is 5.69 Å².